The summed E-state index contributed by atoms with van der Waals surface area (Å²) >= 11 is 0. The van der Waals surface area contributed by atoms with Crippen molar-refractivity contribution in [3.05, 3.63) is 11.9 Å². The normalized spacial score (nSPS) is 12.4. The monoisotopic (exact) mass is 243 g/mol. The topological polar surface area (TPSA) is 18.5 Å². The molecule has 0 atom stereocenters. The van der Waals surface area contributed by atoms with Crippen molar-refractivity contribution in [1.82, 2.24) is 15.1 Å². The van der Waals surface area contributed by atoms with Gasteiger partial charge in [-0.1, -0.05) is 33.4 Å². The Morgan fingerprint density at radius 2 is 1.44 bits per heavy atom. The lowest BCUT2D eigenvalue weighted by molar-refractivity contribution is 0.0591. The highest BCUT2D eigenvalue weighted by Crippen LogP contribution is 2.05. The van der Waals surface area contributed by atoms with Crippen LogP contribution in [0, 0.1) is 0 Å². The third-order valence-electron chi connectivity index (χ3n) is 3.05. The largest absolute Gasteiger partial charge is 0.389 e. The van der Waals surface area contributed by atoms with Crippen LogP contribution in [0.3, 0.4) is 0 Å². The molecule has 1 N–H and O–H groups in total. The second-order valence-corrected chi connectivity index (χ2v) is 4.50. The van der Waals surface area contributed by atoms with E-state index in [4.69, 9.17) is 0 Å². The van der Waals surface area contributed by atoms with Gasteiger partial charge >= 0.3 is 0 Å². The van der Waals surface area contributed by atoms with E-state index in [-0.39, 0.29) is 0 Å². The van der Waals surface area contributed by atoms with Crippen molar-refractivity contribution in [2.75, 3.05) is 32.7 Å². The molecule has 4 heteroatoms. The van der Waals surface area contributed by atoms with Gasteiger partial charge in [0.05, 0.1) is 6.17 Å². The van der Waals surface area contributed by atoms with Crippen molar-refractivity contribution >= 4 is 10.2 Å². The highest BCUT2D eigenvalue weighted by Gasteiger charge is 2.20. The molecular weight excluding hydrogens is 214 g/mol. The summed E-state index contributed by atoms with van der Waals surface area (Å²) in [6.07, 6.45) is 2.61. The van der Waals surface area contributed by atoms with Crippen LogP contribution in [-0.4, -0.2) is 58.9 Å². The van der Waals surface area contributed by atoms with E-state index >= 15 is 0 Å². The zero-order valence-electron chi connectivity index (χ0n) is 11.7. The molecule has 0 fully saturated rings. The Labute approximate surface area is 104 Å². The number of hydrogen-bond donors (Lipinski definition) is 1. The smallest absolute Gasteiger partial charge is 0.0800 e. The fourth-order valence-corrected chi connectivity index (χ4v) is 2.31. The van der Waals surface area contributed by atoms with E-state index in [0.29, 0.717) is 6.17 Å². The summed E-state index contributed by atoms with van der Waals surface area (Å²) in [6, 6.07) is 0. The van der Waals surface area contributed by atoms with Gasteiger partial charge in [0.25, 0.3) is 0 Å². The van der Waals surface area contributed by atoms with Gasteiger partial charge in [-0.05, 0) is 32.4 Å². The number of hydrogen-bond acceptors (Lipinski definition) is 3. The van der Waals surface area contributed by atoms with E-state index < -0.39 is 0 Å². The molecule has 0 aliphatic carbocycles. The van der Waals surface area contributed by atoms with Gasteiger partial charge in [0, 0.05) is 16.8 Å². The first-order chi connectivity index (χ1) is 7.74. The molecule has 0 amide bonds. The minimum Gasteiger partial charge on any atom is -0.389 e. The molecule has 0 aromatic heterocycles. The van der Waals surface area contributed by atoms with Crippen LogP contribution in [0.5, 0.6) is 0 Å². The SMILES string of the molecule is CCN(CC)C(CNC=C[SiH3])N(CC)CC. The van der Waals surface area contributed by atoms with E-state index in [1.54, 1.807) is 0 Å². The number of nitrogens with one attached hydrogen (secondary N) is 1. The van der Waals surface area contributed by atoms with Gasteiger partial charge in [0.1, 0.15) is 0 Å². The first kappa shape index (κ1) is 15.7. The molecule has 0 aliphatic heterocycles. The average molecular weight is 243 g/mol. The molecule has 0 bridgehead atoms. The Bertz CT molecular complexity index is 165. The van der Waals surface area contributed by atoms with Crippen LogP contribution in [0.25, 0.3) is 0 Å². The molecule has 0 saturated heterocycles. The van der Waals surface area contributed by atoms with Crippen LogP contribution in [-0.2, 0) is 0 Å². The summed E-state index contributed by atoms with van der Waals surface area (Å²) in [4.78, 5) is 5.03. The van der Waals surface area contributed by atoms with Crippen LogP contribution in [0.1, 0.15) is 27.7 Å². The van der Waals surface area contributed by atoms with Gasteiger partial charge in [0.15, 0.2) is 0 Å². The fraction of sp³-hybridized carbons (Fsp3) is 0.833. The van der Waals surface area contributed by atoms with Crippen molar-refractivity contribution in [2.24, 2.45) is 0 Å². The van der Waals surface area contributed by atoms with Crippen molar-refractivity contribution < 1.29 is 0 Å². The second-order valence-electron chi connectivity index (χ2n) is 3.83. The molecular formula is C12H29N3Si. The minimum atomic E-state index is 0.517. The molecule has 0 unspecified atom stereocenters. The molecule has 0 spiro atoms. The molecule has 0 saturated carbocycles. The molecule has 3 nitrogen and oxygen atoms in total. The Balaban J connectivity index is 4.45. The molecule has 0 heterocycles. The predicted molar refractivity (Wildman–Crippen MR) is 76.7 cm³/mol. The number of likely N-dealkylation sites (N-methyl/N-ethyl adjacent to an activating group) is 2. The van der Waals surface area contributed by atoms with Crippen molar-refractivity contribution in [3.8, 4) is 0 Å². The Morgan fingerprint density at radius 3 is 1.75 bits per heavy atom. The zero-order chi connectivity index (χ0) is 12.4. The van der Waals surface area contributed by atoms with Crippen LogP contribution in [0.4, 0.5) is 0 Å². The van der Waals surface area contributed by atoms with E-state index in [1.165, 1.54) is 0 Å². The first-order valence-electron chi connectivity index (χ1n) is 6.57. The van der Waals surface area contributed by atoms with Gasteiger partial charge in [-0.3, -0.25) is 9.80 Å². The highest BCUT2D eigenvalue weighted by molar-refractivity contribution is 6.16. The lowest BCUT2D eigenvalue weighted by Gasteiger charge is -2.37. The molecule has 16 heavy (non-hydrogen) atoms. The van der Waals surface area contributed by atoms with Crippen LogP contribution in [0.2, 0.25) is 0 Å². The lowest BCUT2D eigenvalue weighted by atomic mass is 10.3. The molecule has 0 radical (unpaired) electrons. The van der Waals surface area contributed by atoms with Crippen LogP contribution >= 0.6 is 0 Å². The zero-order valence-corrected chi connectivity index (χ0v) is 13.7. The molecule has 0 rings (SSSR count). The van der Waals surface area contributed by atoms with Gasteiger partial charge < -0.3 is 5.32 Å². The highest BCUT2D eigenvalue weighted by atomic mass is 28.1. The number of rotatable bonds is 9. The standard InChI is InChI=1S/C12H29N3Si/c1-5-14(6-2)12(11-13-9-10-16)15(7-3)8-4/h9-10,12-13H,5-8,11H2,1-4,16H3. The van der Waals surface area contributed by atoms with Gasteiger partial charge in [-0.15, -0.1) is 0 Å². The summed E-state index contributed by atoms with van der Waals surface area (Å²) in [6.45, 7) is 14.4. The van der Waals surface area contributed by atoms with Crippen LogP contribution in [0.15, 0.2) is 11.9 Å². The Hall–Kier alpha value is -0.323. The summed E-state index contributed by atoms with van der Waals surface area (Å²) < 4.78 is 0. The molecule has 0 aromatic carbocycles. The van der Waals surface area contributed by atoms with Crippen molar-refractivity contribution in [3.63, 3.8) is 0 Å². The second kappa shape index (κ2) is 9.87. The minimum absolute atomic E-state index is 0.517. The van der Waals surface area contributed by atoms with Crippen molar-refractivity contribution in [1.29, 1.82) is 0 Å². The van der Waals surface area contributed by atoms with Gasteiger partial charge in [0.2, 0.25) is 0 Å². The average Bonchev–Trinajstić information content (AvgIpc) is 2.31. The third kappa shape index (κ3) is 5.14. The number of nitrogens with zero attached hydrogens (tertiary/aromatic N) is 2. The van der Waals surface area contributed by atoms with E-state index in [0.717, 1.165) is 43.0 Å². The van der Waals surface area contributed by atoms with Gasteiger partial charge in [-0.2, -0.15) is 0 Å². The molecule has 96 valence electrons. The molecule has 0 aliphatic rings. The van der Waals surface area contributed by atoms with Gasteiger partial charge in [-0.25, -0.2) is 0 Å². The summed E-state index contributed by atoms with van der Waals surface area (Å²) in [5.41, 5.74) is 2.18. The maximum Gasteiger partial charge on any atom is 0.0800 e. The van der Waals surface area contributed by atoms with E-state index in [1.807, 2.05) is 0 Å². The Morgan fingerprint density at radius 1 is 1.00 bits per heavy atom. The summed E-state index contributed by atoms with van der Waals surface area (Å²) in [7, 11) is 1.13. The van der Waals surface area contributed by atoms with E-state index in [2.05, 4.69) is 54.7 Å². The van der Waals surface area contributed by atoms with Crippen LogP contribution < -0.4 is 5.32 Å². The summed E-state index contributed by atoms with van der Waals surface area (Å²) in [5.74, 6) is 0. The van der Waals surface area contributed by atoms with Crippen molar-refractivity contribution in [2.45, 2.75) is 33.9 Å². The quantitative estimate of drug-likeness (QED) is 0.468. The first-order valence-corrected chi connectivity index (χ1v) is 7.73. The third-order valence-corrected chi connectivity index (χ3v) is 3.39. The summed E-state index contributed by atoms with van der Waals surface area (Å²) in [5, 5.41) is 3.40. The maximum absolute atomic E-state index is 3.40. The Kier molecular flexibility index (Phi) is 9.67. The molecule has 0 aromatic rings. The lowest BCUT2D eigenvalue weighted by Crippen LogP contribution is -2.52. The fourth-order valence-electron chi connectivity index (χ4n) is 2.07. The maximum atomic E-state index is 3.40. The van der Waals surface area contributed by atoms with E-state index in [9.17, 15) is 0 Å². The predicted octanol–water partition coefficient (Wildman–Crippen LogP) is 0.422.